The monoisotopic (exact) mass is 475 g/mol. The van der Waals surface area contributed by atoms with Crippen LogP contribution in [0.4, 0.5) is 0 Å². The van der Waals surface area contributed by atoms with Crippen LogP contribution in [0.25, 0.3) is 11.1 Å². The van der Waals surface area contributed by atoms with Crippen LogP contribution in [0, 0.1) is 5.92 Å². The molecule has 2 heteroatoms. The molecule has 1 N–H and O–H groups in total. The summed E-state index contributed by atoms with van der Waals surface area (Å²) >= 11 is 0. The topological polar surface area (TPSA) is 12.0 Å². The average Bonchev–Trinajstić information content (AvgIpc) is 3.17. The molecule has 2 aromatic rings. The van der Waals surface area contributed by atoms with E-state index in [2.05, 4.69) is 80.8 Å². The van der Waals surface area contributed by atoms with Gasteiger partial charge in [0.15, 0.2) is 0 Å². The van der Waals surface area contributed by atoms with Gasteiger partial charge in [0.25, 0.3) is 0 Å². The Labute approximate surface area is 211 Å². The number of hydrogen-bond donors (Lipinski definition) is 1. The lowest BCUT2D eigenvalue weighted by molar-refractivity contribution is 0.434. The minimum Gasteiger partial charge on any atom is -0.334 e. The maximum atomic E-state index is 4.50. The molecule has 1 fully saturated rings. The molecular weight excluding hydrogens is 426 g/mol. The lowest BCUT2D eigenvalue weighted by Gasteiger charge is -2.43. The first kappa shape index (κ1) is 25.7. The van der Waals surface area contributed by atoms with Crippen molar-refractivity contribution in [2.24, 2.45) is 5.92 Å². The largest absolute Gasteiger partial charge is 0.334 e. The Morgan fingerprint density at radius 2 is 1.35 bits per heavy atom. The van der Waals surface area contributed by atoms with Gasteiger partial charge in [0.05, 0.1) is 0 Å². The van der Waals surface area contributed by atoms with Gasteiger partial charge in [0.1, 0.15) is 8.24 Å². The van der Waals surface area contributed by atoms with Crippen LogP contribution >= 0.6 is 0 Å². The molecule has 2 aromatic carbocycles. The van der Waals surface area contributed by atoms with E-state index in [4.69, 9.17) is 0 Å². The molecule has 0 saturated heterocycles. The molecule has 4 rings (SSSR count). The Kier molecular flexibility index (Phi) is 9.10. The third kappa shape index (κ3) is 5.87. The predicted octanol–water partition coefficient (Wildman–Crippen LogP) is 9.42. The standard InChI is InChI=1S/C32H49NSi/c1-25(2)34(4,33-28-20-15-10-8-6-5-7-9-11-16-21-28)32-26(3)24-31-29(22-17-23-30(31)32)27-18-13-12-14-19-27/h12-14,17-19,22-23,25-26,28,32-33H,5-11,15-16,20-21,24H2,1-4H3. The molecule has 3 unspecified atom stereocenters. The summed E-state index contributed by atoms with van der Waals surface area (Å²) < 4.78 is 0. The SMILES string of the molecule is CC1Cc2c(-c3ccccc3)cccc2C1[Si](C)(NC1CCCCCCCCCCC1)C(C)C. The van der Waals surface area contributed by atoms with Gasteiger partial charge in [-0.05, 0) is 58.5 Å². The van der Waals surface area contributed by atoms with E-state index in [1.807, 2.05) is 0 Å². The van der Waals surface area contributed by atoms with Crippen LogP contribution in [0.5, 0.6) is 0 Å². The summed E-state index contributed by atoms with van der Waals surface area (Å²) in [5.74, 6) is 0.720. The van der Waals surface area contributed by atoms with Crippen molar-refractivity contribution < 1.29 is 0 Å². The third-order valence-electron chi connectivity index (χ3n) is 9.19. The first-order valence-corrected chi connectivity index (χ1v) is 17.1. The van der Waals surface area contributed by atoms with Crippen molar-refractivity contribution in [1.29, 1.82) is 0 Å². The van der Waals surface area contributed by atoms with Gasteiger partial charge in [0, 0.05) is 6.04 Å². The van der Waals surface area contributed by atoms with E-state index >= 15 is 0 Å². The summed E-state index contributed by atoms with van der Waals surface area (Å²) in [7, 11) is -1.76. The highest BCUT2D eigenvalue weighted by atomic mass is 28.3. The van der Waals surface area contributed by atoms with Crippen LogP contribution in [0.2, 0.25) is 12.1 Å². The molecule has 0 bridgehead atoms. The van der Waals surface area contributed by atoms with Gasteiger partial charge < -0.3 is 4.98 Å². The average molecular weight is 476 g/mol. The van der Waals surface area contributed by atoms with Crippen LogP contribution < -0.4 is 4.98 Å². The molecule has 1 saturated carbocycles. The van der Waals surface area contributed by atoms with E-state index in [1.54, 1.807) is 11.1 Å². The van der Waals surface area contributed by atoms with Crippen molar-refractivity contribution in [3.63, 3.8) is 0 Å². The van der Waals surface area contributed by atoms with Gasteiger partial charge in [-0.1, -0.05) is 134 Å². The number of fused-ring (bicyclic) bond motifs is 1. The normalized spacial score (nSPS) is 24.7. The van der Waals surface area contributed by atoms with Crippen molar-refractivity contribution in [3.8, 4) is 11.1 Å². The molecule has 0 heterocycles. The fourth-order valence-electron chi connectivity index (χ4n) is 7.04. The van der Waals surface area contributed by atoms with Gasteiger partial charge >= 0.3 is 0 Å². The second-order valence-corrected chi connectivity index (χ2v) is 16.6. The molecule has 0 amide bonds. The van der Waals surface area contributed by atoms with Gasteiger partial charge in [-0.15, -0.1) is 0 Å². The molecule has 0 aliphatic heterocycles. The molecular formula is C32H49NSi. The summed E-state index contributed by atoms with van der Waals surface area (Å²) in [5.41, 5.74) is 7.58. The van der Waals surface area contributed by atoms with Crippen molar-refractivity contribution in [2.45, 2.75) is 121 Å². The van der Waals surface area contributed by atoms with Gasteiger partial charge in [-0.25, -0.2) is 0 Å². The van der Waals surface area contributed by atoms with Crippen molar-refractivity contribution in [2.75, 3.05) is 0 Å². The molecule has 2 aliphatic rings. The number of rotatable bonds is 5. The van der Waals surface area contributed by atoms with Gasteiger partial charge in [-0.3, -0.25) is 0 Å². The zero-order valence-corrected chi connectivity index (χ0v) is 23.4. The zero-order chi connectivity index (χ0) is 24.0. The Hall–Kier alpha value is -1.38. The minimum absolute atomic E-state index is 0.701. The molecule has 0 radical (unpaired) electrons. The Morgan fingerprint density at radius 1 is 0.765 bits per heavy atom. The Balaban J connectivity index is 1.60. The molecule has 1 nitrogen and oxygen atoms in total. The van der Waals surface area contributed by atoms with Crippen molar-refractivity contribution in [3.05, 3.63) is 59.7 Å². The number of hydrogen-bond acceptors (Lipinski definition) is 1. The molecule has 2 aliphatic carbocycles. The molecule has 0 aromatic heterocycles. The molecule has 3 atom stereocenters. The summed E-state index contributed by atoms with van der Waals surface area (Å²) in [6.45, 7) is 10.3. The zero-order valence-electron chi connectivity index (χ0n) is 22.4. The quantitative estimate of drug-likeness (QED) is 0.425. The fraction of sp³-hybridized carbons (Fsp3) is 0.625. The minimum atomic E-state index is -1.76. The lowest BCUT2D eigenvalue weighted by Crippen LogP contribution is -2.60. The van der Waals surface area contributed by atoms with E-state index in [1.165, 1.54) is 88.2 Å². The van der Waals surface area contributed by atoms with Gasteiger partial charge in [-0.2, -0.15) is 0 Å². The van der Waals surface area contributed by atoms with Crippen LogP contribution in [0.1, 0.15) is 108 Å². The van der Waals surface area contributed by atoms with E-state index < -0.39 is 8.24 Å². The van der Waals surface area contributed by atoms with Crippen LogP contribution in [-0.2, 0) is 6.42 Å². The lowest BCUT2D eigenvalue weighted by atomic mass is 9.97. The highest BCUT2D eigenvalue weighted by Gasteiger charge is 2.48. The van der Waals surface area contributed by atoms with Crippen LogP contribution in [-0.4, -0.2) is 14.3 Å². The summed E-state index contributed by atoms with van der Waals surface area (Å²) in [6, 6.07) is 19.0. The van der Waals surface area contributed by atoms with Crippen LogP contribution in [0.15, 0.2) is 48.5 Å². The van der Waals surface area contributed by atoms with Crippen molar-refractivity contribution in [1.82, 2.24) is 4.98 Å². The maximum absolute atomic E-state index is 4.50. The molecule has 186 valence electrons. The molecule has 0 spiro atoms. The second-order valence-electron chi connectivity index (χ2n) is 11.9. The van der Waals surface area contributed by atoms with E-state index in [0.717, 1.165) is 11.5 Å². The summed E-state index contributed by atoms with van der Waals surface area (Å²) in [5, 5.41) is 0. The van der Waals surface area contributed by atoms with Crippen molar-refractivity contribution >= 4 is 8.24 Å². The van der Waals surface area contributed by atoms with E-state index in [0.29, 0.717) is 11.6 Å². The summed E-state index contributed by atoms with van der Waals surface area (Å²) in [6.07, 6.45) is 16.9. The highest BCUT2D eigenvalue weighted by molar-refractivity contribution is 6.79. The second kappa shape index (κ2) is 12.0. The van der Waals surface area contributed by atoms with E-state index in [9.17, 15) is 0 Å². The Morgan fingerprint density at radius 3 is 1.94 bits per heavy atom. The van der Waals surface area contributed by atoms with E-state index in [-0.39, 0.29) is 0 Å². The predicted molar refractivity (Wildman–Crippen MR) is 152 cm³/mol. The smallest absolute Gasteiger partial charge is 0.133 e. The summed E-state index contributed by atoms with van der Waals surface area (Å²) in [4.78, 5) is 4.50. The van der Waals surface area contributed by atoms with Crippen LogP contribution in [0.3, 0.4) is 0 Å². The maximum Gasteiger partial charge on any atom is 0.133 e. The van der Waals surface area contributed by atoms with Gasteiger partial charge in [0.2, 0.25) is 0 Å². The first-order valence-electron chi connectivity index (χ1n) is 14.5. The third-order valence-corrected chi connectivity index (χ3v) is 14.8. The first-order chi connectivity index (χ1) is 16.5. The fourth-order valence-corrected chi connectivity index (χ4v) is 11.7. The number of benzene rings is 2. The highest BCUT2D eigenvalue weighted by Crippen LogP contribution is 2.49. The number of nitrogens with one attached hydrogen (secondary N) is 1. The molecule has 34 heavy (non-hydrogen) atoms. The Bertz CT molecular complexity index is 879.